The van der Waals surface area contributed by atoms with Gasteiger partial charge in [-0.3, -0.25) is 9.59 Å². The van der Waals surface area contributed by atoms with Crippen LogP contribution in [-0.4, -0.2) is 29.8 Å². The van der Waals surface area contributed by atoms with Crippen LogP contribution < -0.4 is 5.32 Å². The number of carbonyl (C=O) groups excluding carboxylic acids is 2. The maximum Gasteiger partial charge on any atom is 0.253 e. The molecule has 0 bridgehead atoms. The molecule has 29 heavy (non-hydrogen) atoms. The number of anilines is 1. The van der Waals surface area contributed by atoms with Crippen molar-refractivity contribution in [2.24, 2.45) is 5.92 Å². The first-order chi connectivity index (χ1) is 14.1. The summed E-state index contributed by atoms with van der Waals surface area (Å²) in [5.74, 6) is -0.553. The summed E-state index contributed by atoms with van der Waals surface area (Å²) in [6, 6.07) is 13.7. The maximum atomic E-state index is 13.0. The average molecular weight is 397 g/mol. The van der Waals surface area contributed by atoms with E-state index < -0.39 is 0 Å². The summed E-state index contributed by atoms with van der Waals surface area (Å²) in [7, 11) is 0. The molecule has 0 radical (unpaired) electrons. The lowest BCUT2D eigenvalue weighted by atomic mass is 9.95. The van der Waals surface area contributed by atoms with Gasteiger partial charge in [0.2, 0.25) is 5.91 Å². The van der Waals surface area contributed by atoms with Gasteiger partial charge in [0.05, 0.1) is 0 Å². The highest BCUT2D eigenvalue weighted by atomic mass is 19.1. The fourth-order valence-electron chi connectivity index (χ4n) is 3.70. The molecule has 1 heterocycles. The van der Waals surface area contributed by atoms with Gasteiger partial charge >= 0.3 is 0 Å². The zero-order chi connectivity index (χ0) is 20.6. The van der Waals surface area contributed by atoms with E-state index in [0.29, 0.717) is 31.5 Å². The lowest BCUT2D eigenvalue weighted by molar-refractivity contribution is -0.121. The highest BCUT2D eigenvalue weighted by Crippen LogP contribution is 2.21. The third-order valence-electron chi connectivity index (χ3n) is 5.53. The summed E-state index contributed by atoms with van der Waals surface area (Å²) in [5, 5.41) is 3.00. The van der Waals surface area contributed by atoms with Crippen molar-refractivity contribution in [3.63, 3.8) is 0 Å². The minimum Gasteiger partial charge on any atom is -0.339 e. The minimum atomic E-state index is -0.356. The fourth-order valence-corrected chi connectivity index (χ4v) is 3.70. The number of nitrogens with one attached hydrogen (secondary N) is 1. The number of unbranched alkanes of at least 4 members (excludes halogenated alkanes) is 2. The standard InChI is InChI=1S/C24H29FN2O2/c1-2-3-4-5-18-6-12-22(13-7-18)26-23(28)19-14-16-27(17-15-19)24(29)20-8-10-21(25)11-9-20/h6-13,19H,2-5,14-17H2,1H3,(H,26,28). The van der Waals surface area contributed by atoms with Crippen molar-refractivity contribution in [3.8, 4) is 0 Å². The molecule has 5 heteroatoms. The lowest BCUT2D eigenvalue weighted by Crippen LogP contribution is -2.41. The molecule has 3 rings (SSSR count). The Labute approximate surface area is 172 Å². The van der Waals surface area contributed by atoms with Crippen LogP contribution in [0.2, 0.25) is 0 Å². The number of halogens is 1. The summed E-state index contributed by atoms with van der Waals surface area (Å²) in [5.41, 5.74) is 2.59. The van der Waals surface area contributed by atoms with Gasteiger partial charge in [0, 0.05) is 30.3 Å². The summed E-state index contributed by atoms with van der Waals surface area (Å²) in [6.07, 6.45) is 5.98. The number of piperidine rings is 1. The number of hydrogen-bond donors (Lipinski definition) is 1. The first-order valence-electron chi connectivity index (χ1n) is 10.5. The molecule has 0 aliphatic carbocycles. The van der Waals surface area contributed by atoms with Crippen LogP contribution in [0, 0.1) is 11.7 Å². The van der Waals surface area contributed by atoms with E-state index in [0.717, 1.165) is 12.1 Å². The normalized spacial score (nSPS) is 14.6. The quantitative estimate of drug-likeness (QED) is 0.666. The van der Waals surface area contributed by atoms with Crippen LogP contribution in [0.4, 0.5) is 10.1 Å². The van der Waals surface area contributed by atoms with Crippen molar-refractivity contribution >= 4 is 17.5 Å². The van der Waals surface area contributed by atoms with Crippen molar-refractivity contribution in [1.82, 2.24) is 4.90 Å². The van der Waals surface area contributed by atoms with Gasteiger partial charge in [-0.2, -0.15) is 0 Å². The molecule has 0 unspecified atom stereocenters. The molecule has 2 aromatic rings. The Kier molecular flexibility index (Phi) is 7.39. The molecule has 1 N–H and O–H groups in total. The number of rotatable bonds is 7. The number of hydrogen-bond acceptors (Lipinski definition) is 2. The molecule has 154 valence electrons. The number of aryl methyl sites for hydroxylation is 1. The Balaban J connectivity index is 1.47. The second-order valence-electron chi connectivity index (χ2n) is 7.72. The Morgan fingerprint density at radius 1 is 1.00 bits per heavy atom. The predicted octanol–water partition coefficient (Wildman–Crippen LogP) is 5.05. The highest BCUT2D eigenvalue weighted by molar-refractivity contribution is 5.95. The van der Waals surface area contributed by atoms with E-state index in [1.54, 1.807) is 4.90 Å². The molecule has 2 aromatic carbocycles. The molecule has 1 fully saturated rings. The van der Waals surface area contributed by atoms with E-state index in [4.69, 9.17) is 0 Å². The van der Waals surface area contributed by atoms with Gasteiger partial charge in [0.15, 0.2) is 0 Å². The molecular weight excluding hydrogens is 367 g/mol. The van der Waals surface area contributed by atoms with Gasteiger partial charge in [-0.25, -0.2) is 4.39 Å². The van der Waals surface area contributed by atoms with E-state index in [9.17, 15) is 14.0 Å². The first kappa shape index (κ1) is 21.0. The van der Waals surface area contributed by atoms with Crippen molar-refractivity contribution in [3.05, 3.63) is 65.5 Å². The molecule has 0 atom stereocenters. The van der Waals surface area contributed by atoms with Crippen LogP contribution in [0.25, 0.3) is 0 Å². The summed E-state index contributed by atoms with van der Waals surface area (Å²) in [4.78, 5) is 26.8. The van der Waals surface area contributed by atoms with Crippen molar-refractivity contribution in [1.29, 1.82) is 0 Å². The molecule has 0 aromatic heterocycles. The van der Waals surface area contributed by atoms with Crippen LogP contribution >= 0.6 is 0 Å². The number of likely N-dealkylation sites (tertiary alicyclic amines) is 1. The fraction of sp³-hybridized carbons (Fsp3) is 0.417. The Bertz CT molecular complexity index is 810. The second-order valence-corrected chi connectivity index (χ2v) is 7.72. The third-order valence-corrected chi connectivity index (χ3v) is 5.53. The van der Waals surface area contributed by atoms with E-state index >= 15 is 0 Å². The van der Waals surface area contributed by atoms with E-state index in [2.05, 4.69) is 24.4 Å². The van der Waals surface area contributed by atoms with Crippen molar-refractivity contribution < 1.29 is 14.0 Å². The Hall–Kier alpha value is -2.69. The number of benzene rings is 2. The van der Waals surface area contributed by atoms with Gasteiger partial charge in [0.1, 0.15) is 5.82 Å². The second kappa shape index (κ2) is 10.2. The minimum absolute atomic E-state index is 0.0117. The molecule has 0 saturated carbocycles. The molecule has 1 saturated heterocycles. The van der Waals surface area contributed by atoms with Gasteiger partial charge in [-0.1, -0.05) is 31.9 Å². The van der Waals surface area contributed by atoms with Crippen molar-refractivity contribution in [2.45, 2.75) is 45.4 Å². The van der Waals surface area contributed by atoms with Gasteiger partial charge < -0.3 is 10.2 Å². The zero-order valence-electron chi connectivity index (χ0n) is 17.0. The average Bonchev–Trinajstić information content (AvgIpc) is 2.75. The SMILES string of the molecule is CCCCCc1ccc(NC(=O)C2CCN(C(=O)c3ccc(F)cc3)CC2)cc1. The monoisotopic (exact) mass is 396 g/mol. The molecule has 2 amide bonds. The van der Waals surface area contributed by atoms with Crippen LogP contribution in [0.1, 0.15) is 54.9 Å². The number of nitrogens with zero attached hydrogens (tertiary/aromatic N) is 1. The molecule has 4 nitrogen and oxygen atoms in total. The smallest absolute Gasteiger partial charge is 0.253 e. The first-order valence-corrected chi connectivity index (χ1v) is 10.5. The van der Waals surface area contributed by atoms with Crippen molar-refractivity contribution in [2.75, 3.05) is 18.4 Å². The van der Waals surface area contributed by atoms with Crippen LogP contribution in [0.3, 0.4) is 0 Å². The molecular formula is C24H29FN2O2. The van der Waals surface area contributed by atoms with Crippen LogP contribution in [0.5, 0.6) is 0 Å². The number of carbonyl (C=O) groups is 2. The predicted molar refractivity (Wildman–Crippen MR) is 113 cm³/mol. The molecule has 1 aliphatic heterocycles. The number of amides is 2. The largest absolute Gasteiger partial charge is 0.339 e. The van der Waals surface area contributed by atoms with Gasteiger partial charge in [0.25, 0.3) is 5.91 Å². The Morgan fingerprint density at radius 3 is 2.28 bits per heavy atom. The van der Waals surface area contributed by atoms with Gasteiger partial charge in [-0.05, 0) is 67.6 Å². The Morgan fingerprint density at radius 2 is 1.66 bits per heavy atom. The molecule has 1 aliphatic rings. The lowest BCUT2D eigenvalue weighted by Gasteiger charge is -2.31. The molecule has 0 spiro atoms. The van der Waals surface area contributed by atoms with Crippen LogP contribution in [0.15, 0.2) is 48.5 Å². The van der Waals surface area contributed by atoms with E-state index in [1.807, 2.05) is 12.1 Å². The van der Waals surface area contributed by atoms with Crippen LogP contribution in [-0.2, 0) is 11.2 Å². The van der Waals surface area contributed by atoms with E-state index in [1.165, 1.54) is 49.1 Å². The topological polar surface area (TPSA) is 49.4 Å². The summed E-state index contributed by atoms with van der Waals surface area (Å²) in [6.45, 7) is 3.26. The van der Waals surface area contributed by atoms with Gasteiger partial charge in [-0.15, -0.1) is 0 Å². The highest BCUT2D eigenvalue weighted by Gasteiger charge is 2.27. The third kappa shape index (κ3) is 5.89. The summed E-state index contributed by atoms with van der Waals surface area (Å²) < 4.78 is 13.0. The zero-order valence-corrected chi connectivity index (χ0v) is 17.0. The van der Waals surface area contributed by atoms with E-state index in [-0.39, 0.29) is 23.5 Å². The maximum absolute atomic E-state index is 13.0. The summed E-state index contributed by atoms with van der Waals surface area (Å²) >= 11 is 0.